The molecule has 0 unspecified atom stereocenters. The van der Waals surface area contributed by atoms with Crippen LogP contribution in [0.25, 0.3) is 5.57 Å². The van der Waals surface area contributed by atoms with Crippen molar-refractivity contribution in [2.45, 2.75) is 0 Å². The number of benzene rings is 2. The summed E-state index contributed by atoms with van der Waals surface area (Å²) in [4.78, 5) is 0. The highest BCUT2D eigenvalue weighted by molar-refractivity contribution is 5.86. The van der Waals surface area contributed by atoms with Crippen molar-refractivity contribution in [1.82, 2.24) is 0 Å². The third-order valence-electron chi connectivity index (χ3n) is 2.95. The lowest BCUT2D eigenvalue weighted by Crippen LogP contribution is -2.01. The fraction of sp³-hybridized carbons (Fsp3) is 0.0667. The number of hydrogen-bond donors (Lipinski definition) is 0. The van der Waals surface area contributed by atoms with Crippen molar-refractivity contribution in [3.8, 4) is 17.2 Å². The maximum atomic E-state index is 5.85. The first-order chi connectivity index (χ1) is 8.29. The van der Waals surface area contributed by atoms with Gasteiger partial charge in [0.25, 0.3) is 0 Å². The van der Waals surface area contributed by atoms with Gasteiger partial charge in [-0.2, -0.15) is 0 Å². The molecule has 0 N–H and O–H groups in total. The number of fused-ring (bicyclic) bond motifs is 2. The smallest absolute Gasteiger partial charge is 0.138 e. The van der Waals surface area contributed by atoms with Gasteiger partial charge in [0.2, 0.25) is 0 Å². The van der Waals surface area contributed by atoms with E-state index in [2.05, 4.69) is 6.58 Å². The SMILES string of the molecule is C=C1c2ccccc2Oc2cc(OC)ccc21. The predicted molar refractivity (Wildman–Crippen MR) is 67.6 cm³/mol. The van der Waals surface area contributed by atoms with Crippen molar-refractivity contribution < 1.29 is 9.47 Å². The Morgan fingerprint density at radius 1 is 1.00 bits per heavy atom. The van der Waals surface area contributed by atoms with E-state index in [4.69, 9.17) is 9.47 Å². The lowest BCUT2D eigenvalue weighted by atomic mass is 9.95. The molecule has 1 heterocycles. The first-order valence-electron chi connectivity index (χ1n) is 5.44. The van der Waals surface area contributed by atoms with E-state index in [0.717, 1.165) is 33.9 Å². The van der Waals surface area contributed by atoms with Gasteiger partial charge in [-0.1, -0.05) is 24.8 Å². The van der Waals surface area contributed by atoms with E-state index in [1.807, 2.05) is 42.5 Å². The Balaban J connectivity index is 2.16. The van der Waals surface area contributed by atoms with Gasteiger partial charge in [-0.25, -0.2) is 0 Å². The molecule has 3 rings (SSSR count). The van der Waals surface area contributed by atoms with E-state index < -0.39 is 0 Å². The Morgan fingerprint density at radius 3 is 2.59 bits per heavy atom. The quantitative estimate of drug-likeness (QED) is 0.624. The molecule has 0 fully saturated rings. The lowest BCUT2D eigenvalue weighted by Gasteiger charge is -2.22. The highest BCUT2D eigenvalue weighted by Crippen LogP contribution is 2.43. The van der Waals surface area contributed by atoms with E-state index in [1.54, 1.807) is 7.11 Å². The third-order valence-corrected chi connectivity index (χ3v) is 2.95. The van der Waals surface area contributed by atoms with Gasteiger partial charge in [0.1, 0.15) is 17.2 Å². The molecule has 2 heteroatoms. The zero-order valence-corrected chi connectivity index (χ0v) is 9.57. The van der Waals surface area contributed by atoms with Crippen LogP contribution in [-0.2, 0) is 0 Å². The summed E-state index contributed by atoms with van der Waals surface area (Å²) in [6.45, 7) is 4.13. The fourth-order valence-corrected chi connectivity index (χ4v) is 2.03. The minimum Gasteiger partial charge on any atom is -0.497 e. The van der Waals surface area contributed by atoms with Crippen LogP contribution < -0.4 is 9.47 Å². The first kappa shape index (κ1) is 9.97. The summed E-state index contributed by atoms with van der Waals surface area (Å²) in [5.41, 5.74) is 3.05. The highest BCUT2D eigenvalue weighted by Gasteiger charge is 2.20. The minimum absolute atomic E-state index is 0.788. The van der Waals surface area contributed by atoms with Crippen LogP contribution in [0.1, 0.15) is 11.1 Å². The molecule has 0 spiro atoms. The van der Waals surface area contributed by atoms with Crippen molar-refractivity contribution in [3.63, 3.8) is 0 Å². The monoisotopic (exact) mass is 224 g/mol. The van der Waals surface area contributed by atoms with Gasteiger partial charge >= 0.3 is 0 Å². The minimum atomic E-state index is 0.788. The molecule has 1 aliphatic rings. The molecule has 0 aliphatic carbocycles. The Kier molecular flexibility index (Phi) is 2.15. The number of ether oxygens (including phenoxy) is 2. The zero-order chi connectivity index (χ0) is 11.8. The summed E-state index contributed by atoms with van der Waals surface area (Å²) in [5, 5.41) is 0. The number of para-hydroxylation sites is 1. The zero-order valence-electron chi connectivity index (χ0n) is 9.57. The molecule has 0 atom stereocenters. The van der Waals surface area contributed by atoms with Crippen LogP contribution in [0.15, 0.2) is 49.0 Å². The second-order valence-corrected chi connectivity index (χ2v) is 3.94. The summed E-state index contributed by atoms with van der Waals surface area (Å²) in [5.74, 6) is 2.43. The van der Waals surface area contributed by atoms with Gasteiger partial charge < -0.3 is 9.47 Å². The normalized spacial score (nSPS) is 12.4. The van der Waals surface area contributed by atoms with Crippen LogP contribution in [-0.4, -0.2) is 7.11 Å². The molecule has 0 radical (unpaired) electrons. The van der Waals surface area contributed by atoms with E-state index in [9.17, 15) is 0 Å². The average molecular weight is 224 g/mol. The number of hydrogen-bond acceptors (Lipinski definition) is 2. The topological polar surface area (TPSA) is 18.5 Å². The van der Waals surface area contributed by atoms with Crippen LogP contribution in [0.3, 0.4) is 0 Å². The highest BCUT2D eigenvalue weighted by atomic mass is 16.5. The average Bonchev–Trinajstić information content (AvgIpc) is 2.38. The Bertz CT molecular complexity index is 600. The molecule has 0 amide bonds. The molecule has 0 saturated heterocycles. The Morgan fingerprint density at radius 2 is 1.76 bits per heavy atom. The first-order valence-corrected chi connectivity index (χ1v) is 5.44. The fourth-order valence-electron chi connectivity index (χ4n) is 2.03. The van der Waals surface area contributed by atoms with Gasteiger partial charge in [-0.05, 0) is 23.8 Å². The molecule has 2 nitrogen and oxygen atoms in total. The largest absolute Gasteiger partial charge is 0.497 e. The molecule has 84 valence electrons. The molecule has 0 saturated carbocycles. The third kappa shape index (κ3) is 1.49. The second-order valence-electron chi connectivity index (χ2n) is 3.94. The summed E-state index contributed by atoms with van der Waals surface area (Å²) in [7, 11) is 1.65. The summed E-state index contributed by atoms with van der Waals surface area (Å²) in [6, 6.07) is 13.7. The van der Waals surface area contributed by atoms with Crippen molar-refractivity contribution in [3.05, 3.63) is 60.2 Å². The van der Waals surface area contributed by atoms with Gasteiger partial charge in [0, 0.05) is 17.2 Å². The molecule has 17 heavy (non-hydrogen) atoms. The van der Waals surface area contributed by atoms with Crippen molar-refractivity contribution in [2.24, 2.45) is 0 Å². The predicted octanol–water partition coefficient (Wildman–Crippen LogP) is 3.86. The van der Waals surface area contributed by atoms with Gasteiger partial charge in [-0.15, -0.1) is 0 Å². The van der Waals surface area contributed by atoms with Crippen molar-refractivity contribution >= 4 is 5.57 Å². The van der Waals surface area contributed by atoms with E-state index >= 15 is 0 Å². The van der Waals surface area contributed by atoms with Crippen LogP contribution in [0.5, 0.6) is 17.2 Å². The van der Waals surface area contributed by atoms with Gasteiger partial charge in [0.05, 0.1) is 7.11 Å². The van der Waals surface area contributed by atoms with Crippen molar-refractivity contribution in [1.29, 1.82) is 0 Å². The number of methoxy groups -OCH3 is 1. The van der Waals surface area contributed by atoms with Crippen molar-refractivity contribution in [2.75, 3.05) is 7.11 Å². The number of rotatable bonds is 1. The van der Waals surface area contributed by atoms with E-state index in [1.165, 1.54) is 0 Å². The molecular weight excluding hydrogens is 212 g/mol. The summed E-state index contributed by atoms with van der Waals surface area (Å²) >= 11 is 0. The Labute approximate surface area is 100 Å². The second kappa shape index (κ2) is 3.67. The van der Waals surface area contributed by atoms with Crippen LogP contribution >= 0.6 is 0 Å². The molecule has 2 aromatic carbocycles. The maximum Gasteiger partial charge on any atom is 0.138 e. The van der Waals surface area contributed by atoms with E-state index in [-0.39, 0.29) is 0 Å². The maximum absolute atomic E-state index is 5.85. The molecular formula is C15H12O2. The van der Waals surface area contributed by atoms with Gasteiger partial charge in [-0.3, -0.25) is 0 Å². The van der Waals surface area contributed by atoms with Gasteiger partial charge in [0.15, 0.2) is 0 Å². The standard InChI is InChI=1S/C15H12O2/c1-10-12-5-3-4-6-14(12)17-15-9-11(16-2)7-8-13(10)15/h3-9H,1H2,2H3. The molecule has 0 aromatic heterocycles. The summed E-state index contributed by atoms with van der Waals surface area (Å²) < 4.78 is 11.0. The molecule has 2 aromatic rings. The molecule has 1 aliphatic heterocycles. The van der Waals surface area contributed by atoms with Crippen LogP contribution in [0.2, 0.25) is 0 Å². The summed E-state index contributed by atoms with van der Waals surface area (Å²) in [6.07, 6.45) is 0. The van der Waals surface area contributed by atoms with E-state index in [0.29, 0.717) is 0 Å². The Hall–Kier alpha value is -2.22. The lowest BCUT2D eigenvalue weighted by molar-refractivity contribution is 0.408. The molecule has 0 bridgehead atoms. The van der Waals surface area contributed by atoms with Crippen LogP contribution in [0, 0.1) is 0 Å². The van der Waals surface area contributed by atoms with Crippen LogP contribution in [0.4, 0.5) is 0 Å².